The molecule has 0 aromatic carbocycles. The molecule has 0 aliphatic heterocycles. The molecule has 1 saturated carbocycles. The van der Waals surface area contributed by atoms with Crippen molar-refractivity contribution in [3.63, 3.8) is 0 Å². The highest BCUT2D eigenvalue weighted by Crippen LogP contribution is 2.28. The third-order valence-electron chi connectivity index (χ3n) is 3.28. The van der Waals surface area contributed by atoms with E-state index >= 15 is 0 Å². The van der Waals surface area contributed by atoms with Gasteiger partial charge in [0.2, 0.25) is 0 Å². The number of hydrogen-bond acceptors (Lipinski definition) is 2. The van der Waals surface area contributed by atoms with E-state index in [0.29, 0.717) is 0 Å². The number of rotatable bonds is 3. The second kappa shape index (κ2) is 5.52. The first kappa shape index (κ1) is 11.7. The Labute approximate surface area is 87.7 Å². The molecule has 0 aromatic heterocycles. The third kappa shape index (κ3) is 2.58. The van der Waals surface area contributed by atoms with E-state index in [0.717, 1.165) is 12.8 Å². The van der Waals surface area contributed by atoms with Crippen LogP contribution in [0.25, 0.3) is 0 Å². The minimum absolute atomic E-state index is 0.130. The molecule has 1 aliphatic rings. The number of nitrogens with two attached hydrogens (primary N) is 2. The maximum Gasteiger partial charge on any atom is 0.0410 e. The van der Waals surface area contributed by atoms with E-state index in [1.54, 1.807) is 5.57 Å². The molecule has 2 unspecified atom stereocenters. The van der Waals surface area contributed by atoms with Crippen LogP contribution in [0, 0.1) is 0 Å². The molecule has 0 bridgehead atoms. The van der Waals surface area contributed by atoms with Crippen molar-refractivity contribution >= 4 is 0 Å². The van der Waals surface area contributed by atoms with Crippen molar-refractivity contribution in [3.05, 3.63) is 11.1 Å². The largest absolute Gasteiger partial charge is 0.326 e. The fourth-order valence-corrected chi connectivity index (χ4v) is 2.41. The average molecular weight is 196 g/mol. The smallest absolute Gasteiger partial charge is 0.0410 e. The summed E-state index contributed by atoms with van der Waals surface area (Å²) in [5.41, 5.74) is 15.2. The van der Waals surface area contributed by atoms with Gasteiger partial charge in [0.05, 0.1) is 0 Å². The normalized spacial score (nSPS) is 31.7. The van der Waals surface area contributed by atoms with Crippen LogP contribution in [-0.4, -0.2) is 12.1 Å². The van der Waals surface area contributed by atoms with Crippen LogP contribution in [0.3, 0.4) is 0 Å². The molecular weight excluding hydrogens is 172 g/mol. The highest BCUT2D eigenvalue weighted by molar-refractivity contribution is 5.23. The Bertz CT molecular complexity index is 208. The van der Waals surface area contributed by atoms with Crippen LogP contribution in [0.1, 0.15) is 52.4 Å². The maximum atomic E-state index is 6.15. The van der Waals surface area contributed by atoms with Gasteiger partial charge in [-0.3, -0.25) is 0 Å². The first-order chi connectivity index (χ1) is 6.70. The summed E-state index contributed by atoms with van der Waals surface area (Å²) in [7, 11) is 0. The Kier molecular flexibility index (Phi) is 4.63. The lowest BCUT2D eigenvalue weighted by Gasteiger charge is -2.30. The van der Waals surface area contributed by atoms with Gasteiger partial charge in [-0.05, 0) is 32.1 Å². The summed E-state index contributed by atoms with van der Waals surface area (Å²) in [6.45, 7) is 4.45. The molecule has 1 fully saturated rings. The van der Waals surface area contributed by atoms with Crippen LogP contribution in [0.5, 0.6) is 0 Å². The lowest BCUT2D eigenvalue weighted by atomic mass is 9.82. The van der Waals surface area contributed by atoms with Gasteiger partial charge in [0, 0.05) is 12.1 Å². The van der Waals surface area contributed by atoms with E-state index in [-0.39, 0.29) is 12.1 Å². The van der Waals surface area contributed by atoms with Gasteiger partial charge in [-0.2, -0.15) is 0 Å². The molecule has 0 saturated heterocycles. The maximum absolute atomic E-state index is 6.15. The number of hydrogen-bond donors (Lipinski definition) is 2. The van der Waals surface area contributed by atoms with Gasteiger partial charge in [0.1, 0.15) is 0 Å². The average Bonchev–Trinajstić information content (AvgIpc) is 2.19. The predicted molar refractivity (Wildman–Crippen MR) is 62.0 cm³/mol. The zero-order chi connectivity index (χ0) is 10.6. The fourth-order valence-electron chi connectivity index (χ4n) is 2.41. The summed E-state index contributed by atoms with van der Waals surface area (Å²) < 4.78 is 0. The zero-order valence-electron chi connectivity index (χ0n) is 9.55. The van der Waals surface area contributed by atoms with Crippen molar-refractivity contribution in [3.8, 4) is 0 Å². The van der Waals surface area contributed by atoms with E-state index in [9.17, 15) is 0 Å². The zero-order valence-corrected chi connectivity index (χ0v) is 9.55. The van der Waals surface area contributed by atoms with Gasteiger partial charge in [-0.25, -0.2) is 0 Å². The fraction of sp³-hybridized carbons (Fsp3) is 0.833. The van der Waals surface area contributed by atoms with Crippen LogP contribution in [0.4, 0.5) is 0 Å². The van der Waals surface area contributed by atoms with Crippen molar-refractivity contribution in [1.29, 1.82) is 0 Å². The monoisotopic (exact) mass is 196 g/mol. The summed E-state index contributed by atoms with van der Waals surface area (Å²) in [6, 6.07) is 0.322. The molecule has 0 aromatic rings. The molecule has 2 nitrogen and oxygen atoms in total. The Hall–Kier alpha value is -0.340. The molecule has 4 N–H and O–H groups in total. The van der Waals surface area contributed by atoms with Crippen LogP contribution in [-0.2, 0) is 0 Å². The van der Waals surface area contributed by atoms with Crippen molar-refractivity contribution in [1.82, 2.24) is 0 Å². The van der Waals surface area contributed by atoms with Crippen LogP contribution in [0.2, 0.25) is 0 Å². The van der Waals surface area contributed by atoms with Gasteiger partial charge in [-0.15, -0.1) is 0 Å². The first-order valence-electron chi connectivity index (χ1n) is 5.92. The van der Waals surface area contributed by atoms with Crippen molar-refractivity contribution in [2.45, 2.75) is 64.5 Å². The van der Waals surface area contributed by atoms with E-state index < -0.39 is 0 Å². The van der Waals surface area contributed by atoms with E-state index in [2.05, 4.69) is 13.8 Å². The molecular formula is C12H24N2. The van der Waals surface area contributed by atoms with Crippen molar-refractivity contribution < 1.29 is 0 Å². The molecule has 0 spiro atoms. The first-order valence-corrected chi connectivity index (χ1v) is 5.92. The molecule has 82 valence electrons. The Morgan fingerprint density at radius 3 is 2.64 bits per heavy atom. The summed E-state index contributed by atoms with van der Waals surface area (Å²) >= 11 is 0. The van der Waals surface area contributed by atoms with Crippen molar-refractivity contribution in [2.24, 2.45) is 11.5 Å². The third-order valence-corrected chi connectivity index (χ3v) is 3.28. The molecule has 1 rings (SSSR count). The second-order valence-electron chi connectivity index (χ2n) is 4.31. The minimum Gasteiger partial charge on any atom is -0.326 e. The lowest BCUT2D eigenvalue weighted by molar-refractivity contribution is 0.455. The lowest BCUT2D eigenvalue weighted by Crippen LogP contribution is -2.45. The van der Waals surface area contributed by atoms with Crippen LogP contribution < -0.4 is 11.5 Å². The number of allylic oxidation sites excluding steroid dienone is 1. The topological polar surface area (TPSA) is 52.0 Å². The molecule has 0 amide bonds. The molecule has 0 radical (unpaired) electrons. The predicted octanol–water partition coefficient (Wildman–Crippen LogP) is 2.33. The van der Waals surface area contributed by atoms with Crippen molar-refractivity contribution in [2.75, 3.05) is 0 Å². The highest BCUT2D eigenvalue weighted by Gasteiger charge is 2.24. The molecule has 14 heavy (non-hydrogen) atoms. The Balaban J connectivity index is 2.79. The second-order valence-corrected chi connectivity index (χ2v) is 4.31. The Morgan fingerprint density at radius 2 is 2.07 bits per heavy atom. The molecule has 2 heteroatoms. The SMILES string of the molecule is CCCC(CC)=C1CCCC(N)C1N. The van der Waals surface area contributed by atoms with Crippen LogP contribution >= 0.6 is 0 Å². The molecule has 2 atom stereocenters. The van der Waals surface area contributed by atoms with E-state index in [1.807, 2.05) is 0 Å². The summed E-state index contributed by atoms with van der Waals surface area (Å²) in [6.07, 6.45) is 7.05. The molecule has 1 aliphatic carbocycles. The summed E-state index contributed by atoms with van der Waals surface area (Å²) in [5.74, 6) is 0. The van der Waals surface area contributed by atoms with E-state index in [4.69, 9.17) is 11.5 Å². The standard InChI is InChI=1S/C12H24N2/c1-3-6-9(4-2)10-7-5-8-11(13)12(10)14/h11-12H,3-8,13-14H2,1-2H3. The van der Waals surface area contributed by atoms with E-state index in [1.165, 1.54) is 31.3 Å². The quantitative estimate of drug-likeness (QED) is 0.681. The highest BCUT2D eigenvalue weighted by atomic mass is 14.8. The Morgan fingerprint density at radius 1 is 1.36 bits per heavy atom. The van der Waals surface area contributed by atoms with Gasteiger partial charge >= 0.3 is 0 Å². The van der Waals surface area contributed by atoms with Gasteiger partial charge < -0.3 is 11.5 Å². The summed E-state index contributed by atoms with van der Waals surface area (Å²) in [5, 5.41) is 0. The molecule has 0 heterocycles. The van der Waals surface area contributed by atoms with Crippen LogP contribution in [0.15, 0.2) is 11.1 Å². The summed E-state index contributed by atoms with van der Waals surface area (Å²) in [4.78, 5) is 0. The van der Waals surface area contributed by atoms with Gasteiger partial charge in [0.15, 0.2) is 0 Å². The van der Waals surface area contributed by atoms with Gasteiger partial charge in [-0.1, -0.05) is 31.4 Å². The van der Waals surface area contributed by atoms with Gasteiger partial charge in [0.25, 0.3) is 0 Å². The minimum atomic E-state index is 0.130.